The molecule has 0 unspecified atom stereocenters. The van der Waals surface area contributed by atoms with Crippen LogP contribution in [0, 0.1) is 10.1 Å². The normalized spacial score (nSPS) is 11.1. The Morgan fingerprint density at radius 3 is 2.72 bits per heavy atom. The molecule has 0 N–H and O–H groups in total. The molecule has 25 heavy (non-hydrogen) atoms. The first kappa shape index (κ1) is 15.7. The van der Waals surface area contributed by atoms with Gasteiger partial charge in [-0.1, -0.05) is 30.3 Å². The Kier molecular flexibility index (Phi) is 3.94. The summed E-state index contributed by atoms with van der Waals surface area (Å²) in [6, 6.07) is 14.5. The van der Waals surface area contributed by atoms with Crippen LogP contribution in [0.15, 0.2) is 58.0 Å². The summed E-state index contributed by atoms with van der Waals surface area (Å²) in [5.41, 5.74) is 1.80. The van der Waals surface area contributed by atoms with Gasteiger partial charge in [-0.3, -0.25) is 10.1 Å². The van der Waals surface area contributed by atoms with Crippen molar-refractivity contribution in [1.29, 1.82) is 0 Å². The molecule has 2 aromatic heterocycles. The van der Waals surface area contributed by atoms with Gasteiger partial charge < -0.3 is 4.57 Å². The number of hydrogen-bond donors (Lipinski definition) is 0. The van der Waals surface area contributed by atoms with Crippen LogP contribution in [0.4, 0.5) is 5.69 Å². The molecule has 0 aliphatic rings. The molecule has 2 heterocycles. The number of fused-ring (bicyclic) bond motifs is 1. The Balaban J connectivity index is 1.65. The van der Waals surface area contributed by atoms with E-state index in [4.69, 9.17) is 0 Å². The fraction of sp³-hybridized carbons (Fsp3) is 0.0625. The van der Waals surface area contributed by atoms with Crippen LogP contribution < -0.4 is 0 Å². The summed E-state index contributed by atoms with van der Waals surface area (Å²) in [6.07, 6.45) is 0. The molecule has 9 heteroatoms. The first-order valence-electron chi connectivity index (χ1n) is 7.29. The van der Waals surface area contributed by atoms with Crippen LogP contribution in [0.3, 0.4) is 0 Å². The second-order valence-electron chi connectivity index (χ2n) is 5.22. The van der Waals surface area contributed by atoms with Crippen LogP contribution in [-0.4, -0.2) is 24.7 Å². The number of nitro groups is 1. The molecule has 0 amide bonds. The molecule has 0 radical (unpaired) electrons. The minimum atomic E-state index is -0.402. The van der Waals surface area contributed by atoms with Gasteiger partial charge in [0.1, 0.15) is 0 Å². The Morgan fingerprint density at radius 1 is 1.16 bits per heavy atom. The van der Waals surface area contributed by atoms with E-state index < -0.39 is 4.92 Å². The van der Waals surface area contributed by atoms with E-state index in [1.54, 1.807) is 12.1 Å². The van der Waals surface area contributed by atoms with E-state index in [1.165, 1.54) is 29.2 Å². The molecule has 0 saturated heterocycles. The SMILES string of the molecule is Cn1c(Sc2nc3ccc([N+](=O)[O-])cc3s2)nnc1-c1ccccc1. The van der Waals surface area contributed by atoms with Gasteiger partial charge in [-0.15, -0.1) is 21.5 Å². The summed E-state index contributed by atoms with van der Waals surface area (Å²) < 4.78 is 3.46. The lowest BCUT2D eigenvalue weighted by Crippen LogP contribution is -1.94. The molecule has 0 spiro atoms. The zero-order valence-electron chi connectivity index (χ0n) is 13.0. The maximum atomic E-state index is 10.9. The minimum Gasteiger partial charge on any atom is -0.305 e. The molecule has 0 aliphatic heterocycles. The molecule has 2 aromatic carbocycles. The number of nitrogens with zero attached hydrogens (tertiary/aromatic N) is 5. The lowest BCUT2D eigenvalue weighted by atomic mass is 10.2. The molecular formula is C16H11N5O2S2. The first-order valence-corrected chi connectivity index (χ1v) is 8.93. The van der Waals surface area contributed by atoms with Crippen molar-refractivity contribution in [3.8, 4) is 11.4 Å². The van der Waals surface area contributed by atoms with Gasteiger partial charge in [0, 0.05) is 24.7 Å². The van der Waals surface area contributed by atoms with Gasteiger partial charge in [0.2, 0.25) is 0 Å². The minimum absolute atomic E-state index is 0.0673. The molecule has 7 nitrogen and oxygen atoms in total. The molecule has 0 fully saturated rings. The third-order valence-corrected chi connectivity index (χ3v) is 5.73. The van der Waals surface area contributed by atoms with E-state index in [-0.39, 0.29) is 5.69 Å². The predicted molar refractivity (Wildman–Crippen MR) is 96.8 cm³/mol. The highest BCUT2D eigenvalue weighted by molar-refractivity contribution is 8.01. The van der Waals surface area contributed by atoms with Crippen LogP contribution in [0.5, 0.6) is 0 Å². The summed E-state index contributed by atoms with van der Waals surface area (Å²) in [5.74, 6) is 0.778. The smallest absolute Gasteiger partial charge is 0.270 e. The van der Waals surface area contributed by atoms with Gasteiger partial charge in [-0.2, -0.15) is 0 Å². The van der Waals surface area contributed by atoms with Crippen molar-refractivity contribution in [2.24, 2.45) is 7.05 Å². The largest absolute Gasteiger partial charge is 0.305 e. The Bertz CT molecular complexity index is 1070. The topological polar surface area (TPSA) is 86.7 Å². The van der Waals surface area contributed by atoms with Gasteiger partial charge in [0.25, 0.3) is 5.69 Å². The number of rotatable bonds is 4. The molecule has 0 bridgehead atoms. The van der Waals surface area contributed by atoms with Crippen molar-refractivity contribution in [2.75, 3.05) is 0 Å². The summed E-state index contributed by atoms with van der Waals surface area (Å²) >= 11 is 2.80. The number of nitro benzene ring substituents is 1. The summed E-state index contributed by atoms with van der Waals surface area (Å²) in [7, 11) is 1.91. The van der Waals surface area contributed by atoms with Crippen molar-refractivity contribution in [1.82, 2.24) is 19.7 Å². The average molecular weight is 369 g/mol. The van der Waals surface area contributed by atoms with Crippen LogP contribution in [0.2, 0.25) is 0 Å². The number of non-ortho nitro benzene ring substituents is 1. The standard InChI is InChI=1S/C16H11N5O2S2/c1-20-14(10-5-3-2-4-6-10)18-19-15(20)25-16-17-12-8-7-11(21(22)23)9-13(12)24-16/h2-9H,1H3. The maximum Gasteiger partial charge on any atom is 0.270 e. The van der Waals surface area contributed by atoms with Crippen molar-refractivity contribution >= 4 is 39.0 Å². The van der Waals surface area contributed by atoms with E-state index in [0.717, 1.165) is 25.9 Å². The molecule has 0 aliphatic carbocycles. The van der Waals surface area contributed by atoms with Gasteiger partial charge in [-0.25, -0.2) is 4.98 Å². The average Bonchev–Trinajstić information content (AvgIpc) is 3.18. The zero-order chi connectivity index (χ0) is 17.4. The lowest BCUT2D eigenvalue weighted by Gasteiger charge is -2.02. The Labute approximate surface area is 150 Å². The van der Waals surface area contributed by atoms with E-state index in [0.29, 0.717) is 5.16 Å². The van der Waals surface area contributed by atoms with E-state index in [1.807, 2.05) is 41.9 Å². The molecular weight excluding hydrogens is 358 g/mol. The second kappa shape index (κ2) is 6.26. The van der Waals surface area contributed by atoms with E-state index >= 15 is 0 Å². The summed E-state index contributed by atoms with van der Waals surface area (Å²) in [5, 5.41) is 20.1. The van der Waals surface area contributed by atoms with Gasteiger partial charge in [-0.05, 0) is 17.8 Å². The fourth-order valence-electron chi connectivity index (χ4n) is 2.37. The van der Waals surface area contributed by atoms with E-state index in [2.05, 4.69) is 15.2 Å². The number of benzene rings is 2. The van der Waals surface area contributed by atoms with Crippen LogP contribution in [-0.2, 0) is 7.05 Å². The monoisotopic (exact) mass is 369 g/mol. The van der Waals surface area contributed by atoms with Crippen molar-refractivity contribution in [3.05, 3.63) is 58.6 Å². The van der Waals surface area contributed by atoms with Crippen molar-refractivity contribution in [3.63, 3.8) is 0 Å². The van der Waals surface area contributed by atoms with Gasteiger partial charge >= 0.3 is 0 Å². The third-order valence-electron chi connectivity index (χ3n) is 3.61. The Hall–Kier alpha value is -2.78. The third kappa shape index (κ3) is 2.99. The van der Waals surface area contributed by atoms with Gasteiger partial charge in [0.15, 0.2) is 15.3 Å². The second-order valence-corrected chi connectivity index (χ2v) is 7.47. The molecule has 0 saturated carbocycles. The highest BCUT2D eigenvalue weighted by Crippen LogP contribution is 2.35. The Morgan fingerprint density at radius 2 is 1.96 bits per heavy atom. The highest BCUT2D eigenvalue weighted by atomic mass is 32.2. The lowest BCUT2D eigenvalue weighted by molar-refractivity contribution is -0.384. The first-order chi connectivity index (χ1) is 12.1. The number of hydrogen-bond acceptors (Lipinski definition) is 7. The summed E-state index contributed by atoms with van der Waals surface area (Å²) in [4.78, 5) is 15.0. The molecule has 4 rings (SSSR count). The maximum absolute atomic E-state index is 10.9. The van der Waals surface area contributed by atoms with Crippen LogP contribution in [0.1, 0.15) is 0 Å². The summed E-state index contributed by atoms with van der Waals surface area (Å²) in [6.45, 7) is 0. The molecule has 124 valence electrons. The number of thiazole rings is 1. The molecule has 4 aromatic rings. The molecule has 0 atom stereocenters. The zero-order valence-corrected chi connectivity index (χ0v) is 14.6. The highest BCUT2D eigenvalue weighted by Gasteiger charge is 2.15. The number of aromatic nitrogens is 4. The van der Waals surface area contributed by atoms with E-state index in [9.17, 15) is 10.1 Å². The van der Waals surface area contributed by atoms with Crippen molar-refractivity contribution in [2.45, 2.75) is 9.50 Å². The van der Waals surface area contributed by atoms with Gasteiger partial charge in [0.05, 0.1) is 15.1 Å². The predicted octanol–water partition coefficient (Wildman–Crippen LogP) is 4.15. The quantitative estimate of drug-likeness (QED) is 0.397. The van der Waals surface area contributed by atoms with Crippen LogP contribution in [0.25, 0.3) is 21.6 Å². The van der Waals surface area contributed by atoms with Crippen molar-refractivity contribution < 1.29 is 4.92 Å². The fourth-order valence-corrected chi connectivity index (χ4v) is 4.36. The van der Waals surface area contributed by atoms with Crippen LogP contribution >= 0.6 is 23.1 Å².